The minimum Gasteiger partial charge on any atom is -0.381 e. The van der Waals surface area contributed by atoms with Gasteiger partial charge < -0.3 is 42.6 Å². The average molecular weight is 649 g/mol. The molecule has 0 heterocycles. The molecule has 45 heavy (non-hydrogen) atoms. The van der Waals surface area contributed by atoms with Gasteiger partial charge in [-0.3, -0.25) is 0 Å². The van der Waals surface area contributed by atoms with E-state index in [1.54, 1.807) is 56.9 Å². The zero-order valence-corrected chi connectivity index (χ0v) is 30.8. The first-order valence-electron chi connectivity index (χ1n) is 17.2. The van der Waals surface area contributed by atoms with Crippen molar-refractivity contribution in [3.8, 4) is 0 Å². The first-order chi connectivity index (χ1) is 21.8. The Labute approximate surface area is 277 Å². The third kappa shape index (κ3) is 21.1. The lowest BCUT2D eigenvalue weighted by Crippen LogP contribution is -2.33. The van der Waals surface area contributed by atoms with Crippen LogP contribution in [0.4, 0.5) is 0 Å². The van der Waals surface area contributed by atoms with E-state index in [0.29, 0.717) is 6.10 Å². The van der Waals surface area contributed by atoms with E-state index in [-0.39, 0.29) is 48.8 Å². The van der Waals surface area contributed by atoms with Gasteiger partial charge in [0.2, 0.25) is 0 Å². The molecule has 0 spiro atoms. The van der Waals surface area contributed by atoms with Crippen LogP contribution in [0.2, 0.25) is 0 Å². The highest BCUT2D eigenvalue weighted by molar-refractivity contribution is 4.81. The maximum Gasteiger partial charge on any atom is 0.0630 e. The van der Waals surface area contributed by atoms with E-state index in [1.807, 2.05) is 13.2 Å². The lowest BCUT2D eigenvalue weighted by molar-refractivity contribution is -0.0564. The normalized spacial score (nSPS) is 18.1. The van der Waals surface area contributed by atoms with Crippen LogP contribution in [0.25, 0.3) is 0 Å². The summed E-state index contributed by atoms with van der Waals surface area (Å²) in [5.41, 5.74) is 0. The standard InChI is InChI=1S/C36H72O9/c1-12-17-28(37-3)19-15-14-16-20-30(39-5)22-32(41-7)24-34(43-9)26-36(45-11)27-35(44-10)25-33(42-8)23-31(40-6)21-29(38-4)18-13-2/h13,28-36H,2,12,14-27H2,1,3-11H3/t28-,29+,30-,31+,32-,33+,34-,35+,36-/m1/s1. The maximum atomic E-state index is 5.93. The minimum atomic E-state index is -0.0291. The van der Waals surface area contributed by atoms with Crippen LogP contribution >= 0.6 is 0 Å². The average Bonchev–Trinajstić information content (AvgIpc) is 3.07. The van der Waals surface area contributed by atoms with Gasteiger partial charge in [-0.2, -0.15) is 0 Å². The third-order valence-corrected chi connectivity index (χ3v) is 9.27. The Balaban J connectivity index is 4.95. The van der Waals surface area contributed by atoms with Crippen molar-refractivity contribution in [3.63, 3.8) is 0 Å². The third-order valence-electron chi connectivity index (χ3n) is 9.27. The molecule has 0 saturated carbocycles. The second-order valence-electron chi connectivity index (χ2n) is 12.3. The van der Waals surface area contributed by atoms with Crippen molar-refractivity contribution in [2.75, 3.05) is 64.0 Å². The Morgan fingerprint density at radius 2 is 0.667 bits per heavy atom. The second-order valence-corrected chi connectivity index (χ2v) is 12.3. The molecule has 270 valence electrons. The second kappa shape index (κ2) is 29.5. The molecule has 0 N–H and O–H groups in total. The van der Waals surface area contributed by atoms with Gasteiger partial charge in [0, 0.05) is 70.4 Å². The monoisotopic (exact) mass is 649 g/mol. The SMILES string of the molecule is C=CC[C@@H](C[C@@H](C[C@@H](C[C@@H](C[C@@H](C[C@@H](C[C@@H](C[C@@H](CCCCC[C@@H](CCC)OC)OC)OC)OC)OC)OC)OC)OC)OC. The van der Waals surface area contributed by atoms with E-state index >= 15 is 0 Å². The Bertz CT molecular complexity index is 652. The Kier molecular flexibility index (Phi) is 29.1. The Morgan fingerprint density at radius 1 is 0.378 bits per heavy atom. The molecule has 0 aliphatic carbocycles. The number of methoxy groups -OCH3 is 9. The maximum absolute atomic E-state index is 5.93. The zero-order valence-electron chi connectivity index (χ0n) is 30.8. The molecule has 9 nitrogen and oxygen atoms in total. The van der Waals surface area contributed by atoms with E-state index < -0.39 is 0 Å². The molecular weight excluding hydrogens is 576 g/mol. The molecule has 0 fully saturated rings. The van der Waals surface area contributed by atoms with Crippen LogP contribution in [0.15, 0.2) is 12.7 Å². The summed E-state index contributed by atoms with van der Waals surface area (Å²) in [6.07, 6.45) is 16.6. The molecule has 0 rings (SSSR count). The fourth-order valence-corrected chi connectivity index (χ4v) is 6.21. The van der Waals surface area contributed by atoms with E-state index in [0.717, 1.165) is 77.0 Å². The molecule has 0 aliphatic heterocycles. The molecule has 0 aromatic rings. The van der Waals surface area contributed by atoms with Crippen molar-refractivity contribution in [2.45, 2.75) is 158 Å². The minimum absolute atomic E-state index is 0.00798. The van der Waals surface area contributed by atoms with Gasteiger partial charge in [0.05, 0.1) is 54.9 Å². The highest BCUT2D eigenvalue weighted by Gasteiger charge is 2.28. The van der Waals surface area contributed by atoms with Gasteiger partial charge in [0.15, 0.2) is 0 Å². The number of unbranched alkanes of at least 4 members (excludes halogenated alkanes) is 2. The van der Waals surface area contributed by atoms with Crippen LogP contribution in [-0.2, 0) is 42.6 Å². The Morgan fingerprint density at radius 3 is 0.956 bits per heavy atom. The summed E-state index contributed by atoms with van der Waals surface area (Å²) in [6.45, 7) is 6.05. The summed E-state index contributed by atoms with van der Waals surface area (Å²) in [4.78, 5) is 0. The van der Waals surface area contributed by atoms with Gasteiger partial charge in [-0.05, 0) is 64.2 Å². The fourth-order valence-electron chi connectivity index (χ4n) is 6.21. The predicted molar refractivity (Wildman–Crippen MR) is 182 cm³/mol. The van der Waals surface area contributed by atoms with E-state index in [2.05, 4.69) is 13.5 Å². The molecule has 0 unspecified atom stereocenters. The molecule has 0 radical (unpaired) electrons. The molecule has 0 bridgehead atoms. The van der Waals surface area contributed by atoms with Crippen LogP contribution in [0.5, 0.6) is 0 Å². The van der Waals surface area contributed by atoms with Crippen molar-refractivity contribution in [1.29, 1.82) is 0 Å². The number of hydrogen-bond acceptors (Lipinski definition) is 9. The Hall–Kier alpha value is -0.620. The summed E-state index contributed by atoms with van der Waals surface area (Å²) in [7, 11) is 15.9. The van der Waals surface area contributed by atoms with Gasteiger partial charge in [-0.1, -0.05) is 38.7 Å². The molecule has 0 saturated heterocycles. The molecule has 0 amide bonds. The molecule has 9 atom stereocenters. The predicted octanol–water partition coefficient (Wildman–Crippen LogP) is 7.18. The largest absolute Gasteiger partial charge is 0.381 e. The zero-order chi connectivity index (χ0) is 33.9. The number of hydrogen-bond donors (Lipinski definition) is 0. The van der Waals surface area contributed by atoms with Crippen molar-refractivity contribution in [1.82, 2.24) is 0 Å². The first kappa shape index (κ1) is 44.4. The quantitative estimate of drug-likeness (QED) is 0.0543. The smallest absolute Gasteiger partial charge is 0.0630 e. The van der Waals surface area contributed by atoms with Crippen molar-refractivity contribution >= 4 is 0 Å². The highest BCUT2D eigenvalue weighted by Crippen LogP contribution is 2.25. The van der Waals surface area contributed by atoms with Gasteiger partial charge in [0.25, 0.3) is 0 Å². The molecule has 0 aliphatic rings. The van der Waals surface area contributed by atoms with Gasteiger partial charge in [-0.15, -0.1) is 6.58 Å². The molecule has 0 aromatic heterocycles. The molecule has 0 aromatic carbocycles. The number of ether oxygens (including phenoxy) is 9. The topological polar surface area (TPSA) is 83.1 Å². The lowest BCUT2D eigenvalue weighted by Gasteiger charge is -2.30. The van der Waals surface area contributed by atoms with Crippen LogP contribution in [0.3, 0.4) is 0 Å². The molecule has 9 heteroatoms. The fraction of sp³-hybridized carbons (Fsp3) is 0.944. The first-order valence-corrected chi connectivity index (χ1v) is 17.2. The van der Waals surface area contributed by atoms with Gasteiger partial charge in [-0.25, -0.2) is 0 Å². The van der Waals surface area contributed by atoms with Crippen molar-refractivity contribution in [2.24, 2.45) is 0 Å². The van der Waals surface area contributed by atoms with Crippen molar-refractivity contribution < 1.29 is 42.6 Å². The van der Waals surface area contributed by atoms with Crippen molar-refractivity contribution in [3.05, 3.63) is 12.7 Å². The van der Waals surface area contributed by atoms with E-state index in [4.69, 9.17) is 42.6 Å². The van der Waals surface area contributed by atoms with E-state index in [9.17, 15) is 0 Å². The summed E-state index contributed by atoms with van der Waals surface area (Å²) in [5, 5.41) is 0. The van der Waals surface area contributed by atoms with E-state index in [1.165, 1.54) is 19.3 Å². The van der Waals surface area contributed by atoms with Gasteiger partial charge >= 0.3 is 0 Å². The summed E-state index contributed by atoms with van der Waals surface area (Å²) >= 11 is 0. The lowest BCUT2D eigenvalue weighted by atomic mass is 9.94. The van der Waals surface area contributed by atoms with Crippen LogP contribution in [-0.4, -0.2) is 119 Å². The summed E-state index contributed by atoms with van der Waals surface area (Å²) in [6, 6.07) is 0. The summed E-state index contributed by atoms with van der Waals surface area (Å²) < 4.78 is 52.4. The highest BCUT2D eigenvalue weighted by atomic mass is 16.5. The van der Waals surface area contributed by atoms with Crippen LogP contribution in [0.1, 0.15) is 103 Å². The van der Waals surface area contributed by atoms with Gasteiger partial charge in [0.1, 0.15) is 0 Å². The summed E-state index contributed by atoms with van der Waals surface area (Å²) in [5.74, 6) is 0. The number of rotatable bonds is 33. The van der Waals surface area contributed by atoms with Crippen LogP contribution < -0.4 is 0 Å². The molecular formula is C36H72O9. The van der Waals surface area contributed by atoms with Crippen LogP contribution in [0, 0.1) is 0 Å².